The van der Waals surface area contributed by atoms with Crippen LogP contribution in [0, 0.1) is 0 Å². The van der Waals surface area contributed by atoms with Crippen molar-refractivity contribution in [1.29, 1.82) is 0 Å². The molecule has 0 aromatic carbocycles. The third-order valence-corrected chi connectivity index (χ3v) is 2.97. The molecule has 1 aliphatic heterocycles. The molecule has 0 aliphatic carbocycles. The second kappa shape index (κ2) is 4.67. The number of carboxylic acid groups (broad SMARTS) is 1. The number of aliphatic carboxylic acids is 1. The molecule has 1 aliphatic rings. The Balaban J connectivity index is 2.24. The van der Waals surface area contributed by atoms with E-state index >= 15 is 0 Å². The second-order valence-electron chi connectivity index (χ2n) is 2.60. The van der Waals surface area contributed by atoms with Crippen molar-refractivity contribution in [2.24, 2.45) is 0 Å². The van der Waals surface area contributed by atoms with Gasteiger partial charge in [-0.05, 0) is 12.8 Å². The van der Waals surface area contributed by atoms with Gasteiger partial charge in [0.25, 0.3) is 0 Å². The van der Waals surface area contributed by atoms with Crippen LogP contribution in [-0.2, 0) is 9.53 Å². The highest BCUT2D eigenvalue weighted by Crippen LogP contribution is 2.26. The first-order chi connectivity index (χ1) is 5.70. The zero-order chi connectivity index (χ0) is 8.97. The monoisotopic (exact) mass is 194 g/mol. The molecule has 1 N–H and O–H groups in total. The van der Waals surface area contributed by atoms with Crippen molar-refractivity contribution >= 4 is 17.7 Å². The van der Waals surface area contributed by atoms with Gasteiger partial charge in [-0.3, -0.25) is 0 Å². The number of thioether (sulfide) groups is 1. The molecule has 5 heteroatoms. The SMILES string of the molecule is O=C(O)C(F)SC1CCOCC1. The van der Waals surface area contributed by atoms with Crippen LogP contribution < -0.4 is 0 Å². The molecule has 1 unspecified atom stereocenters. The Labute approximate surface area is 74.3 Å². The number of halogens is 1. The first kappa shape index (κ1) is 9.80. The first-order valence-corrected chi connectivity index (χ1v) is 4.74. The molecular weight excluding hydrogens is 183 g/mol. The van der Waals surface area contributed by atoms with E-state index in [0.29, 0.717) is 13.2 Å². The van der Waals surface area contributed by atoms with Crippen molar-refractivity contribution < 1.29 is 19.0 Å². The van der Waals surface area contributed by atoms with Gasteiger partial charge in [0.05, 0.1) is 0 Å². The van der Waals surface area contributed by atoms with Crippen LogP contribution in [0.15, 0.2) is 0 Å². The highest BCUT2D eigenvalue weighted by molar-refractivity contribution is 8.01. The lowest BCUT2D eigenvalue weighted by Crippen LogP contribution is -2.22. The fourth-order valence-electron chi connectivity index (χ4n) is 1.04. The van der Waals surface area contributed by atoms with Crippen LogP contribution in [0.25, 0.3) is 0 Å². The van der Waals surface area contributed by atoms with Crippen molar-refractivity contribution in [3.63, 3.8) is 0 Å². The maximum absolute atomic E-state index is 12.6. The van der Waals surface area contributed by atoms with E-state index in [-0.39, 0.29) is 5.25 Å². The van der Waals surface area contributed by atoms with E-state index in [2.05, 4.69) is 0 Å². The van der Waals surface area contributed by atoms with E-state index in [1.807, 2.05) is 0 Å². The Morgan fingerprint density at radius 1 is 1.58 bits per heavy atom. The van der Waals surface area contributed by atoms with Crippen LogP contribution in [0.1, 0.15) is 12.8 Å². The van der Waals surface area contributed by atoms with E-state index in [1.54, 1.807) is 0 Å². The quantitative estimate of drug-likeness (QED) is 0.735. The Morgan fingerprint density at radius 2 is 2.17 bits per heavy atom. The van der Waals surface area contributed by atoms with Gasteiger partial charge in [0.1, 0.15) is 0 Å². The minimum absolute atomic E-state index is 0.102. The van der Waals surface area contributed by atoms with Gasteiger partial charge in [0.15, 0.2) is 0 Å². The summed E-state index contributed by atoms with van der Waals surface area (Å²) in [5.41, 5.74) is -1.78. The minimum Gasteiger partial charge on any atom is -0.478 e. The third-order valence-electron chi connectivity index (χ3n) is 1.67. The molecule has 3 nitrogen and oxygen atoms in total. The van der Waals surface area contributed by atoms with Crippen LogP contribution in [0.2, 0.25) is 0 Å². The lowest BCUT2D eigenvalue weighted by atomic mass is 10.2. The number of carbonyl (C=O) groups is 1. The van der Waals surface area contributed by atoms with E-state index < -0.39 is 11.5 Å². The molecule has 0 spiro atoms. The molecule has 70 valence electrons. The zero-order valence-corrected chi connectivity index (χ0v) is 7.35. The predicted molar refractivity (Wildman–Crippen MR) is 44.0 cm³/mol. The fourth-order valence-corrected chi connectivity index (χ4v) is 1.96. The highest BCUT2D eigenvalue weighted by atomic mass is 32.2. The molecule has 0 saturated carbocycles. The lowest BCUT2D eigenvalue weighted by molar-refractivity contribution is -0.139. The predicted octanol–water partition coefficient (Wildman–Crippen LogP) is 1.28. The summed E-state index contributed by atoms with van der Waals surface area (Å²) < 4.78 is 17.7. The molecule has 0 amide bonds. The molecule has 0 bridgehead atoms. The average Bonchev–Trinajstić information content (AvgIpc) is 2.06. The fraction of sp³-hybridized carbons (Fsp3) is 0.857. The Morgan fingerprint density at radius 3 is 2.67 bits per heavy atom. The van der Waals surface area contributed by atoms with Gasteiger partial charge in [-0.15, -0.1) is 11.8 Å². The average molecular weight is 194 g/mol. The van der Waals surface area contributed by atoms with Gasteiger partial charge in [0, 0.05) is 18.5 Å². The minimum atomic E-state index is -1.78. The molecule has 1 fully saturated rings. The summed E-state index contributed by atoms with van der Waals surface area (Å²) >= 11 is 0.882. The van der Waals surface area contributed by atoms with E-state index in [0.717, 1.165) is 24.6 Å². The molecule has 0 aromatic rings. The van der Waals surface area contributed by atoms with Crippen molar-refractivity contribution in [3.8, 4) is 0 Å². The molecule has 1 rings (SSSR count). The van der Waals surface area contributed by atoms with Gasteiger partial charge in [-0.25, -0.2) is 9.18 Å². The smallest absolute Gasteiger partial charge is 0.348 e. The second-order valence-corrected chi connectivity index (χ2v) is 3.95. The molecule has 0 radical (unpaired) electrons. The lowest BCUT2D eigenvalue weighted by Gasteiger charge is -2.21. The van der Waals surface area contributed by atoms with Gasteiger partial charge in [-0.2, -0.15) is 0 Å². The number of ether oxygens (including phenoxy) is 1. The van der Waals surface area contributed by atoms with Crippen molar-refractivity contribution in [1.82, 2.24) is 0 Å². The van der Waals surface area contributed by atoms with Crippen LogP contribution in [0.4, 0.5) is 4.39 Å². The standard InChI is InChI=1S/C7H11FO3S/c8-6(7(9)10)12-5-1-3-11-4-2-5/h5-6H,1-4H2,(H,9,10). The van der Waals surface area contributed by atoms with E-state index in [9.17, 15) is 9.18 Å². The van der Waals surface area contributed by atoms with Gasteiger partial charge in [0.2, 0.25) is 5.50 Å². The van der Waals surface area contributed by atoms with Crippen molar-refractivity contribution in [2.75, 3.05) is 13.2 Å². The van der Waals surface area contributed by atoms with E-state index in [1.165, 1.54) is 0 Å². The van der Waals surface area contributed by atoms with Crippen LogP contribution in [0.3, 0.4) is 0 Å². The molecule has 0 aromatic heterocycles. The van der Waals surface area contributed by atoms with Crippen molar-refractivity contribution in [3.05, 3.63) is 0 Å². The van der Waals surface area contributed by atoms with E-state index in [4.69, 9.17) is 9.84 Å². The number of carboxylic acids is 1. The van der Waals surface area contributed by atoms with Gasteiger partial charge >= 0.3 is 5.97 Å². The summed E-state index contributed by atoms with van der Waals surface area (Å²) in [5.74, 6) is -1.38. The molecule has 1 heterocycles. The Bertz CT molecular complexity index is 159. The van der Waals surface area contributed by atoms with Crippen LogP contribution in [-0.4, -0.2) is 35.0 Å². The maximum Gasteiger partial charge on any atom is 0.348 e. The molecular formula is C7H11FO3S. The molecule has 12 heavy (non-hydrogen) atoms. The normalized spacial score (nSPS) is 22.1. The third kappa shape index (κ3) is 2.98. The topological polar surface area (TPSA) is 46.5 Å². The van der Waals surface area contributed by atoms with Gasteiger partial charge < -0.3 is 9.84 Å². The van der Waals surface area contributed by atoms with Gasteiger partial charge in [-0.1, -0.05) is 0 Å². The maximum atomic E-state index is 12.6. The largest absolute Gasteiger partial charge is 0.478 e. The number of alkyl halides is 1. The van der Waals surface area contributed by atoms with Crippen molar-refractivity contribution in [2.45, 2.75) is 23.6 Å². The Hall–Kier alpha value is -0.290. The summed E-state index contributed by atoms with van der Waals surface area (Å²) in [5, 5.41) is 8.39. The number of rotatable bonds is 3. The first-order valence-electron chi connectivity index (χ1n) is 3.80. The van der Waals surface area contributed by atoms with Crippen LogP contribution >= 0.6 is 11.8 Å². The summed E-state index contributed by atoms with van der Waals surface area (Å²) in [7, 11) is 0. The summed E-state index contributed by atoms with van der Waals surface area (Å²) in [6.45, 7) is 1.23. The Kier molecular flexibility index (Phi) is 3.81. The summed E-state index contributed by atoms with van der Waals surface area (Å²) in [6.07, 6.45) is 1.50. The number of hydrogen-bond donors (Lipinski definition) is 1. The molecule has 1 saturated heterocycles. The highest BCUT2D eigenvalue weighted by Gasteiger charge is 2.23. The summed E-state index contributed by atoms with van der Waals surface area (Å²) in [6, 6.07) is 0. The molecule has 1 atom stereocenters. The summed E-state index contributed by atoms with van der Waals surface area (Å²) in [4.78, 5) is 10.1. The zero-order valence-electron chi connectivity index (χ0n) is 6.53. The van der Waals surface area contributed by atoms with Crippen LogP contribution in [0.5, 0.6) is 0 Å². The number of hydrogen-bond acceptors (Lipinski definition) is 3.